The van der Waals surface area contributed by atoms with Gasteiger partial charge in [0.1, 0.15) is 18.1 Å². The van der Waals surface area contributed by atoms with Gasteiger partial charge in [0.05, 0.1) is 18.6 Å². The smallest absolute Gasteiger partial charge is 0.336 e. The standard InChI is InChI=1S/C25H24BrNO4/c1-15-22(25(29)31-14-16-6-12-19(30-2)13-7-16)23(17-8-10-18(26)11-9-17)24-20(27-15)4-3-5-21(24)28/h6-13,23-24H,3-5,14H2,1-2H3. The van der Waals surface area contributed by atoms with E-state index in [9.17, 15) is 9.59 Å². The second kappa shape index (κ2) is 9.18. The van der Waals surface area contributed by atoms with Crippen LogP contribution in [0.5, 0.6) is 5.75 Å². The predicted molar refractivity (Wildman–Crippen MR) is 122 cm³/mol. The van der Waals surface area contributed by atoms with Crippen molar-refractivity contribution in [2.45, 2.75) is 38.7 Å². The van der Waals surface area contributed by atoms with E-state index in [4.69, 9.17) is 9.47 Å². The SMILES string of the molecule is COc1ccc(COC(=O)C2=C(C)N=C3CCCC(=O)C3C2c2ccc(Br)cc2)cc1. The van der Waals surface area contributed by atoms with Crippen LogP contribution in [-0.2, 0) is 20.9 Å². The number of ketones is 1. The number of nitrogens with zero attached hydrogens (tertiary/aromatic N) is 1. The molecule has 0 spiro atoms. The Morgan fingerprint density at radius 1 is 1.06 bits per heavy atom. The number of methoxy groups -OCH3 is 1. The van der Waals surface area contributed by atoms with Crippen molar-refractivity contribution in [3.8, 4) is 5.75 Å². The fraction of sp³-hybridized carbons (Fsp3) is 0.320. The Morgan fingerprint density at radius 3 is 2.45 bits per heavy atom. The molecule has 31 heavy (non-hydrogen) atoms. The normalized spacial score (nSPS) is 20.7. The minimum atomic E-state index is -0.428. The summed E-state index contributed by atoms with van der Waals surface area (Å²) in [4.78, 5) is 30.8. The number of esters is 1. The number of hydrogen-bond acceptors (Lipinski definition) is 5. The summed E-state index contributed by atoms with van der Waals surface area (Å²) in [6.07, 6.45) is 2.12. The molecule has 4 rings (SSSR count). The molecule has 1 saturated carbocycles. The molecule has 0 N–H and O–H groups in total. The number of allylic oxidation sites excluding steroid dienone is 1. The minimum Gasteiger partial charge on any atom is -0.497 e. The summed E-state index contributed by atoms with van der Waals surface area (Å²) in [5.41, 5.74) is 3.77. The fourth-order valence-corrected chi connectivity index (χ4v) is 4.63. The third-order valence-corrected chi connectivity index (χ3v) is 6.41. The molecule has 0 aromatic heterocycles. The summed E-state index contributed by atoms with van der Waals surface area (Å²) in [5, 5.41) is 0. The number of halogens is 1. The first-order chi connectivity index (χ1) is 15.0. The van der Waals surface area contributed by atoms with Gasteiger partial charge in [-0.2, -0.15) is 0 Å². The summed E-state index contributed by atoms with van der Waals surface area (Å²) in [5.74, 6) is -0.318. The van der Waals surface area contributed by atoms with E-state index >= 15 is 0 Å². The lowest BCUT2D eigenvalue weighted by molar-refractivity contribution is -0.140. The maximum Gasteiger partial charge on any atom is 0.336 e. The van der Waals surface area contributed by atoms with Gasteiger partial charge < -0.3 is 9.47 Å². The Hall–Kier alpha value is -2.73. The maximum atomic E-state index is 13.2. The van der Waals surface area contributed by atoms with E-state index in [2.05, 4.69) is 20.9 Å². The van der Waals surface area contributed by atoms with Gasteiger partial charge in [-0.1, -0.05) is 40.2 Å². The molecule has 0 amide bonds. The molecule has 1 fully saturated rings. The lowest BCUT2D eigenvalue weighted by atomic mass is 9.69. The van der Waals surface area contributed by atoms with Crippen LogP contribution in [0.4, 0.5) is 0 Å². The number of hydrogen-bond donors (Lipinski definition) is 0. The van der Waals surface area contributed by atoms with Crippen molar-refractivity contribution in [1.82, 2.24) is 0 Å². The minimum absolute atomic E-state index is 0.141. The topological polar surface area (TPSA) is 65.0 Å². The highest BCUT2D eigenvalue weighted by atomic mass is 79.9. The summed E-state index contributed by atoms with van der Waals surface area (Å²) in [6.45, 7) is 1.97. The van der Waals surface area contributed by atoms with E-state index in [1.807, 2.05) is 55.5 Å². The predicted octanol–water partition coefficient (Wildman–Crippen LogP) is 5.38. The highest BCUT2D eigenvalue weighted by Gasteiger charge is 2.43. The molecule has 1 aliphatic carbocycles. The van der Waals surface area contributed by atoms with Gasteiger partial charge in [-0.3, -0.25) is 9.79 Å². The molecule has 6 heteroatoms. The van der Waals surface area contributed by atoms with Crippen molar-refractivity contribution < 1.29 is 19.1 Å². The lowest BCUT2D eigenvalue weighted by Gasteiger charge is -2.35. The van der Waals surface area contributed by atoms with Crippen LogP contribution in [0, 0.1) is 5.92 Å². The number of benzene rings is 2. The Labute approximate surface area is 190 Å². The van der Waals surface area contributed by atoms with E-state index in [0.29, 0.717) is 17.7 Å². The lowest BCUT2D eigenvalue weighted by Crippen LogP contribution is -2.39. The van der Waals surface area contributed by atoms with Crippen molar-refractivity contribution in [3.63, 3.8) is 0 Å². The second-order valence-electron chi connectivity index (χ2n) is 7.85. The van der Waals surface area contributed by atoms with Crippen molar-refractivity contribution in [1.29, 1.82) is 0 Å². The molecule has 160 valence electrons. The Morgan fingerprint density at radius 2 is 1.77 bits per heavy atom. The monoisotopic (exact) mass is 481 g/mol. The number of ether oxygens (including phenoxy) is 2. The van der Waals surface area contributed by atoms with Crippen LogP contribution in [0.15, 0.2) is 69.3 Å². The number of rotatable bonds is 5. The highest BCUT2D eigenvalue weighted by molar-refractivity contribution is 9.10. The molecular weight excluding hydrogens is 458 g/mol. The first kappa shape index (κ1) is 21.5. The van der Waals surface area contributed by atoms with Gasteiger partial charge in [0.2, 0.25) is 0 Å². The molecule has 2 aromatic rings. The van der Waals surface area contributed by atoms with Gasteiger partial charge in [0.15, 0.2) is 0 Å². The Kier molecular flexibility index (Phi) is 6.37. The number of carbonyl (C=O) groups excluding carboxylic acids is 2. The average Bonchev–Trinajstić information content (AvgIpc) is 2.77. The largest absolute Gasteiger partial charge is 0.497 e. The zero-order chi connectivity index (χ0) is 22.0. The molecule has 2 atom stereocenters. The first-order valence-electron chi connectivity index (χ1n) is 10.3. The van der Waals surface area contributed by atoms with Crippen LogP contribution < -0.4 is 4.74 Å². The second-order valence-corrected chi connectivity index (χ2v) is 8.77. The molecule has 1 heterocycles. The number of aliphatic imine (C=N–C) groups is 1. The molecule has 1 aliphatic heterocycles. The van der Waals surface area contributed by atoms with Crippen LogP contribution in [-0.4, -0.2) is 24.6 Å². The fourth-order valence-electron chi connectivity index (χ4n) is 4.36. The van der Waals surface area contributed by atoms with Gasteiger partial charge in [-0.05, 0) is 55.2 Å². The summed E-state index contributed by atoms with van der Waals surface area (Å²) in [7, 11) is 1.61. The molecular formula is C25H24BrNO4. The third-order valence-electron chi connectivity index (χ3n) is 5.89. The van der Waals surface area contributed by atoms with Crippen LogP contribution in [0.1, 0.15) is 43.2 Å². The molecule has 0 saturated heterocycles. The zero-order valence-corrected chi connectivity index (χ0v) is 19.1. The quantitative estimate of drug-likeness (QED) is 0.537. The molecule has 2 aliphatic rings. The van der Waals surface area contributed by atoms with Gasteiger partial charge in [0.25, 0.3) is 0 Å². The maximum absolute atomic E-state index is 13.2. The van der Waals surface area contributed by atoms with Gasteiger partial charge in [-0.15, -0.1) is 0 Å². The van der Waals surface area contributed by atoms with Crippen molar-refractivity contribution in [2.24, 2.45) is 10.9 Å². The van der Waals surface area contributed by atoms with Crippen LogP contribution in [0.25, 0.3) is 0 Å². The van der Waals surface area contributed by atoms with Crippen molar-refractivity contribution in [2.75, 3.05) is 7.11 Å². The number of fused-ring (bicyclic) bond motifs is 1. The van der Waals surface area contributed by atoms with E-state index < -0.39 is 11.9 Å². The molecule has 5 nitrogen and oxygen atoms in total. The molecule has 0 bridgehead atoms. The van der Waals surface area contributed by atoms with E-state index in [1.54, 1.807) is 7.11 Å². The highest BCUT2D eigenvalue weighted by Crippen LogP contribution is 2.43. The molecule has 0 radical (unpaired) electrons. The van der Waals surface area contributed by atoms with E-state index in [1.165, 1.54) is 0 Å². The van der Waals surface area contributed by atoms with Gasteiger partial charge in [-0.25, -0.2) is 4.79 Å². The van der Waals surface area contributed by atoms with Crippen LogP contribution in [0.3, 0.4) is 0 Å². The van der Waals surface area contributed by atoms with Crippen molar-refractivity contribution in [3.05, 3.63) is 75.4 Å². The summed E-state index contributed by atoms with van der Waals surface area (Å²) in [6, 6.07) is 15.2. The van der Waals surface area contributed by atoms with Crippen LogP contribution >= 0.6 is 15.9 Å². The Bertz CT molecular complexity index is 1050. The summed E-state index contributed by atoms with van der Waals surface area (Å²) >= 11 is 3.46. The Balaban J connectivity index is 1.65. The van der Waals surface area contributed by atoms with E-state index in [-0.39, 0.29) is 18.3 Å². The number of Topliss-reactive ketones (excluding diaryl/α,β-unsaturated/α-hetero) is 1. The number of carbonyl (C=O) groups is 2. The average molecular weight is 482 g/mol. The zero-order valence-electron chi connectivity index (χ0n) is 17.6. The van der Waals surface area contributed by atoms with Crippen molar-refractivity contribution >= 4 is 33.4 Å². The van der Waals surface area contributed by atoms with Crippen LogP contribution in [0.2, 0.25) is 0 Å². The molecule has 2 unspecified atom stereocenters. The first-order valence-corrected chi connectivity index (χ1v) is 11.1. The summed E-state index contributed by atoms with van der Waals surface area (Å²) < 4.78 is 11.8. The van der Waals surface area contributed by atoms with Gasteiger partial charge in [0, 0.05) is 28.2 Å². The molecule has 2 aromatic carbocycles. The van der Waals surface area contributed by atoms with Gasteiger partial charge >= 0.3 is 5.97 Å². The third kappa shape index (κ3) is 4.49. The van der Waals surface area contributed by atoms with E-state index in [0.717, 1.165) is 39.9 Å².